The van der Waals surface area contributed by atoms with Gasteiger partial charge in [0, 0.05) is 5.41 Å². The molecule has 0 fully saturated rings. The van der Waals surface area contributed by atoms with Crippen LogP contribution in [0.2, 0.25) is 0 Å². The van der Waals surface area contributed by atoms with Crippen molar-refractivity contribution in [1.29, 1.82) is 0 Å². The zero-order valence-electron chi connectivity index (χ0n) is 19.0. The molecule has 0 heterocycles. The van der Waals surface area contributed by atoms with Crippen molar-refractivity contribution in [3.8, 4) is 0 Å². The molecule has 1 unspecified atom stereocenters. The molecule has 1 atom stereocenters. The fourth-order valence-corrected chi connectivity index (χ4v) is 2.41. The van der Waals surface area contributed by atoms with E-state index in [4.69, 9.17) is 9.84 Å². The first kappa shape index (κ1) is 29.3. The van der Waals surface area contributed by atoms with E-state index in [0.29, 0.717) is 0 Å². The molecule has 0 saturated carbocycles. The van der Waals surface area contributed by atoms with Gasteiger partial charge in [-0.05, 0) is 19.8 Å². The summed E-state index contributed by atoms with van der Waals surface area (Å²) in [7, 11) is 0. The molecule has 0 aliphatic heterocycles. The Morgan fingerprint density at radius 1 is 0.958 bits per heavy atom. The normalized spacial score (nSPS) is 13.2. The summed E-state index contributed by atoms with van der Waals surface area (Å²) >= 11 is 0. The summed E-state index contributed by atoms with van der Waals surface area (Å²) in [5, 5.41) is 8.70. The summed E-state index contributed by atoms with van der Waals surface area (Å²) in [6, 6.07) is 0. The zero-order chi connectivity index (χ0) is 17.2. The molecule has 0 aromatic heterocycles. The maximum atomic E-state index is 11.7. The molecule has 0 spiro atoms. The van der Waals surface area contributed by atoms with Gasteiger partial charge >= 0.3 is 60.4 Å². The first-order valence-corrected chi connectivity index (χ1v) is 8.56. The van der Waals surface area contributed by atoms with Gasteiger partial charge in [-0.15, -0.1) is 0 Å². The van der Waals surface area contributed by atoms with Crippen LogP contribution in [0.3, 0.4) is 0 Å². The molecule has 0 radical (unpaired) electrons. The fraction of sp³-hybridized carbons (Fsp3) is 0.889. The number of esters is 1. The second-order valence-corrected chi connectivity index (χ2v) is 7.40. The van der Waals surface area contributed by atoms with Crippen LogP contribution in [0.1, 0.15) is 95.3 Å². The van der Waals surface area contributed by atoms with Crippen LogP contribution in [-0.2, 0) is 14.3 Å². The second kappa shape index (κ2) is 14.7. The van der Waals surface area contributed by atoms with Crippen LogP contribution in [0, 0.1) is 5.41 Å². The molecule has 0 amide bonds. The van der Waals surface area contributed by atoms with Gasteiger partial charge in [-0.25, -0.2) is 0 Å². The monoisotopic (exact) mass is 346 g/mol. The van der Waals surface area contributed by atoms with Crippen LogP contribution in [0.15, 0.2) is 0 Å². The van der Waals surface area contributed by atoms with Crippen LogP contribution in [0.5, 0.6) is 0 Å². The van der Waals surface area contributed by atoms with E-state index >= 15 is 0 Å². The predicted octanol–water partition coefficient (Wildman–Crippen LogP) is -0.817. The van der Waals surface area contributed by atoms with Gasteiger partial charge in [0.1, 0.15) is 12.0 Å². The first-order valence-electron chi connectivity index (χ1n) is 8.56. The zero-order valence-corrected chi connectivity index (χ0v) is 19.0. The van der Waals surface area contributed by atoms with Gasteiger partial charge in [-0.2, -0.15) is 0 Å². The fourth-order valence-electron chi connectivity index (χ4n) is 2.41. The average Bonchev–Trinajstić information content (AvgIpc) is 2.35. The summed E-state index contributed by atoms with van der Waals surface area (Å²) in [5.74, 6) is -1.79. The summed E-state index contributed by atoms with van der Waals surface area (Å²) in [4.78, 5) is 22.3. The minimum atomic E-state index is -1.14. The SMILES string of the molecule is CCCCCCCCCC(C)(OC(=O)CC(=O)O)C(C)(C)C.[H-].[H-].[Li+].[Na+]. The number of rotatable bonds is 11. The molecule has 0 rings (SSSR count). The third-order valence-corrected chi connectivity index (χ3v) is 4.48. The summed E-state index contributed by atoms with van der Waals surface area (Å²) in [6.07, 6.45) is 8.65. The third kappa shape index (κ3) is 12.8. The van der Waals surface area contributed by atoms with Crippen molar-refractivity contribution in [2.45, 2.75) is 98.0 Å². The Balaban J connectivity index is -0.000000367. The molecule has 24 heavy (non-hydrogen) atoms. The van der Waals surface area contributed by atoms with Crippen LogP contribution < -0.4 is 48.4 Å². The third-order valence-electron chi connectivity index (χ3n) is 4.48. The minimum absolute atomic E-state index is 0. The Morgan fingerprint density at radius 3 is 1.83 bits per heavy atom. The van der Waals surface area contributed by atoms with E-state index in [2.05, 4.69) is 6.92 Å². The van der Waals surface area contributed by atoms with Crippen molar-refractivity contribution in [1.82, 2.24) is 0 Å². The van der Waals surface area contributed by atoms with Crippen molar-refractivity contribution in [2.75, 3.05) is 0 Å². The minimum Gasteiger partial charge on any atom is -1.00 e. The van der Waals surface area contributed by atoms with E-state index in [9.17, 15) is 9.59 Å². The Labute approximate surface area is 185 Å². The Morgan fingerprint density at radius 2 is 1.42 bits per heavy atom. The van der Waals surface area contributed by atoms with Gasteiger partial charge in [-0.1, -0.05) is 66.2 Å². The molecule has 0 aromatic rings. The van der Waals surface area contributed by atoms with Crippen LogP contribution >= 0.6 is 0 Å². The number of carboxylic acid groups (broad SMARTS) is 1. The Kier molecular flexibility index (Phi) is 17.9. The Hall–Kier alpha value is 0.537. The maximum absolute atomic E-state index is 11.7. The number of hydrogen-bond donors (Lipinski definition) is 1. The first-order chi connectivity index (χ1) is 10.1. The summed E-state index contributed by atoms with van der Waals surface area (Å²) in [5.41, 5.74) is -0.841. The van der Waals surface area contributed by atoms with Gasteiger partial charge in [0.05, 0.1) is 0 Å². The van der Waals surface area contributed by atoms with E-state index < -0.39 is 24.0 Å². The van der Waals surface area contributed by atoms with E-state index in [-0.39, 0.29) is 56.7 Å². The molecule has 0 aliphatic carbocycles. The predicted molar refractivity (Wildman–Crippen MR) is 91.0 cm³/mol. The molecular formula is C18H36LiNaO4. The van der Waals surface area contributed by atoms with Crippen molar-refractivity contribution >= 4 is 11.9 Å². The standard InChI is InChI=1S/C18H34O4.Li.Na.2H/c1-6-7-8-9-10-11-12-13-18(5,17(2,3)4)22-16(21)14-15(19)20;;;;/h6-14H2,1-5H3,(H,19,20);;;;/q;2*+1;2*-1. The summed E-state index contributed by atoms with van der Waals surface area (Å²) in [6.45, 7) is 10.2. The molecule has 0 saturated heterocycles. The number of carbonyl (C=O) groups excluding carboxylic acids is 1. The van der Waals surface area contributed by atoms with E-state index in [0.717, 1.165) is 19.3 Å². The molecule has 0 aromatic carbocycles. The van der Waals surface area contributed by atoms with Gasteiger partial charge in [0.2, 0.25) is 0 Å². The van der Waals surface area contributed by atoms with Gasteiger partial charge in [-0.3, -0.25) is 9.59 Å². The largest absolute Gasteiger partial charge is 1.00 e. The van der Waals surface area contributed by atoms with E-state index in [1.165, 1.54) is 32.1 Å². The molecule has 4 nitrogen and oxygen atoms in total. The van der Waals surface area contributed by atoms with Crippen LogP contribution in [-0.4, -0.2) is 22.6 Å². The van der Waals surface area contributed by atoms with E-state index in [1.54, 1.807) is 0 Å². The van der Waals surface area contributed by atoms with Gasteiger partial charge in [0.15, 0.2) is 0 Å². The van der Waals surface area contributed by atoms with Crippen molar-refractivity contribution in [3.05, 3.63) is 0 Å². The quantitative estimate of drug-likeness (QED) is 0.230. The number of aliphatic carboxylic acids is 1. The van der Waals surface area contributed by atoms with Gasteiger partial charge in [0.25, 0.3) is 0 Å². The van der Waals surface area contributed by atoms with Crippen LogP contribution in [0.25, 0.3) is 0 Å². The number of carbonyl (C=O) groups is 2. The topological polar surface area (TPSA) is 63.6 Å². The number of carboxylic acids is 1. The number of ether oxygens (including phenoxy) is 1. The molecule has 0 aliphatic rings. The average molecular weight is 346 g/mol. The van der Waals surface area contributed by atoms with E-state index in [1.807, 2.05) is 27.7 Å². The molecule has 134 valence electrons. The molecule has 1 N–H and O–H groups in total. The van der Waals surface area contributed by atoms with Crippen molar-refractivity contribution in [3.63, 3.8) is 0 Å². The number of unbranched alkanes of at least 4 members (excludes halogenated alkanes) is 6. The van der Waals surface area contributed by atoms with Crippen molar-refractivity contribution in [2.24, 2.45) is 5.41 Å². The van der Waals surface area contributed by atoms with Crippen molar-refractivity contribution < 1.29 is 70.7 Å². The van der Waals surface area contributed by atoms with Gasteiger partial charge < -0.3 is 12.7 Å². The molecule has 0 bridgehead atoms. The number of hydrogen-bond acceptors (Lipinski definition) is 3. The Bertz CT molecular complexity index is 366. The molecule has 6 heteroatoms. The second-order valence-electron chi connectivity index (χ2n) is 7.40. The smallest absolute Gasteiger partial charge is 1.00 e. The molecular weight excluding hydrogens is 310 g/mol. The van der Waals surface area contributed by atoms with Crippen LogP contribution in [0.4, 0.5) is 0 Å². The summed E-state index contributed by atoms with van der Waals surface area (Å²) < 4.78 is 5.54. The maximum Gasteiger partial charge on any atom is 1.00 e.